The summed E-state index contributed by atoms with van der Waals surface area (Å²) < 4.78 is 7.64. The zero-order valence-corrected chi connectivity index (χ0v) is 19.8. The van der Waals surface area contributed by atoms with Crippen LogP contribution in [-0.4, -0.2) is 54.0 Å². The summed E-state index contributed by atoms with van der Waals surface area (Å²) in [6.07, 6.45) is 0. The fourth-order valence-corrected chi connectivity index (χ4v) is 3.39. The first-order valence-corrected chi connectivity index (χ1v) is 10.5. The molecule has 0 bridgehead atoms. The molecule has 0 saturated heterocycles. The summed E-state index contributed by atoms with van der Waals surface area (Å²) in [6, 6.07) is 12.9. The van der Waals surface area contributed by atoms with Crippen LogP contribution in [0.2, 0.25) is 0 Å². The molecule has 0 unspecified atom stereocenters. The van der Waals surface area contributed by atoms with Gasteiger partial charge in [-0.1, -0.05) is 21.1 Å². The van der Waals surface area contributed by atoms with Gasteiger partial charge in [0.15, 0.2) is 12.3 Å². The lowest BCUT2D eigenvalue weighted by Crippen LogP contribution is -2.16. The minimum absolute atomic E-state index is 0.0716. The summed E-state index contributed by atoms with van der Waals surface area (Å²) in [5, 5.41) is 23.0. The number of rotatable bonds is 8. The Kier molecular flexibility index (Phi) is 7.60. The first kappa shape index (κ1) is 23.4. The number of aromatic nitrogens is 1. The molecule has 0 radical (unpaired) electrons. The van der Waals surface area contributed by atoms with E-state index >= 15 is 0 Å². The van der Waals surface area contributed by atoms with E-state index in [1.165, 1.54) is 0 Å². The maximum Gasteiger partial charge on any atom is 0.304 e. The molecule has 2 aromatic carbocycles. The molecular weight excluding hydrogens is 478 g/mol. The number of oxime groups is 1. The van der Waals surface area contributed by atoms with Crippen molar-refractivity contribution in [2.45, 2.75) is 13.6 Å². The fraction of sp³-hybridized carbons (Fsp3) is 0.273. The van der Waals surface area contributed by atoms with Crippen molar-refractivity contribution in [3.05, 3.63) is 52.5 Å². The average molecular weight is 502 g/mol. The Labute approximate surface area is 194 Å². The van der Waals surface area contributed by atoms with E-state index in [-0.39, 0.29) is 18.2 Å². The number of halogens is 1. The smallest absolute Gasteiger partial charge is 0.304 e. The Morgan fingerprint density at radius 3 is 2.56 bits per heavy atom. The van der Waals surface area contributed by atoms with E-state index in [1.807, 2.05) is 61.5 Å². The second-order valence-corrected chi connectivity index (χ2v) is 8.17. The van der Waals surface area contributed by atoms with Crippen LogP contribution in [0.1, 0.15) is 12.5 Å². The van der Waals surface area contributed by atoms with E-state index in [4.69, 9.17) is 9.57 Å². The van der Waals surface area contributed by atoms with Crippen molar-refractivity contribution in [2.24, 2.45) is 15.4 Å². The zero-order chi connectivity index (χ0) is 23.3. The van der Waals surface area contributed by atoms with Gasteiger partial charge in [-0.25, -0.2) is 0 Å². The van der Waals surface area contributed by atoms with Crippen molar-refractivity contribution >= 4 is 44.1 Å². The predicted molar refractivity (Wildman–Crippen MR) is 126 cm³/mol. The van der Waals surface area contributed by atoms with Crippen molar-refractivity contribution in [1.29, 1.82) is 0 Å². The first-order chi connectivity index (χ1) is 15.3. The average Bonchev–Trinajstić information content (AvgIpc) is 3.02. The Morgan fingerprint density at radius 1 is 1.19 bits per heavy atom. The molecule has 3 rings (SSSR count). The molecule has 3 aromatic rings. The summed E-state index contributed by atoms with van der Waals surface area (Å²) in [4.78, 5) is 19.2. The Hall–Kier alpha value is -3.24. The maximum atomic E-state index is 12.1. The highest BCUT2D eigenvalue weighted by molar-refractivity contribution is 9.10. The molecule has 1 N–H and O–H groups in total. The number of fused-ring (bicyclic) bond motifs is 1. The molecule has 0 spiro atoms. The van der Waals surface area contributed by atoms with Crippen molar-refractivity contribution in [3.8, 4) is 11.6 Å². The van der Waals surface area contributed by atoms with Gasteiger partial charge in [-0.2, -0.15) is 0 Å². The number of hydrogen-bond acceptors (Lipinski definition) is 7. The molecule has 0 saturated carbocycles. The van der Waals surface area contributed by atoms with Crippen LogP contribution in [0.25, 0.3) is 10.9 Å². The highest BCUT2D eigenvalue weighted by atomic mass is 79.9. The SMILES string of the molecule is COc1ccc(/C(C)=N\OCC(=O)N=Nc2c(O)n(CN(C)C)c3ccc(Br)cc23)cc1. The number of methoxy groups -OCH3 is 1. The van der Waals surface area contributed by atoms with E-state index in [0.29, 0.717) is 17.8 Å². The lowest BCUT2D eigenvalue weighted by molar-refractivity contribution is -0.122. The third-order valence-electron chi connectivity index (χ3n) is 4.56. The number of aromatic hydroxyl groups is 1. The molecule has 0 aliphatic carbocycles. The molecule has 0 fully saturated rings. The van der Waals surface area contributed by atoms with Crippen LogP contribution < -0.4 is 4.74 Å². The summed E-state index contributed by atoms with van der Waals surface area (Å²) in [5.41, 5.74) is 2.43. The first-order valence-electron chi connectivity index (χ1n) is 9.71. The van der Waals surface area contributed by atoms with Crippen LogP contribution >= 0.6 is 15.9 Å². The van der Waals surface area contributed by atoms with E-state index in [9.17, 15) is 9.90 Å². The fourth-order valence-electron chi connectivity index (χ4n) is 3.02. The van der Waals surface area contributed by atoms with Crippen LogP contribution in [0.3, 0.4) is 0 Å². The standard InChI is InChI=1S/C22H24BrN5O4/c1-14(15-5-8-17(31-4)9-6-15)26-32-12-20(29)24-25-21-18-11-16(23)7-10-19(18)28(22(21)30)13-27(2)3/h5-11,30H,12-13H2,1-4H3/b25-24?,26-14-. The van der Waals surface area contributed by atoms with E-state index in [2.05, 4.69) is 31.3 Å². The predicted octanol–water partition coefficient (Wildman–Crippen LogP) is 4.69. The number of carbonyl (C=O) groups excluding carboxylic acids is 1. The lowest BCUT2D eigenvalue weighted by Gasteiger charge is -2.13. The van der Waals surface area contributed by atoms with Gasteiger partial charge in [-0.15, -0.1) is 10.2 Å². The largest absolute Gasteiger partial charge is 0.497 e. The van der Waals surface area contributed by atoms with Crippen molar-refractivity contribution in [3.63, 3.8) is 0 Å². The van der Waals surface area contributed by atoms with Crippen LogP contribution in [0.4, 0.5) is 5.69 Å². The van der Waals surface area contributed by atoms with Gasteiger partial charge in [0.25, 0.3) is 0 Å². The summed E-state index contributed by atoms with van der Waals surface area (Å²) in [7, 11) is 5.37. The third kappa shape index (κ3) is 5.51. The molecule has 10 heteroatoms. The molecular formula is C22H24BrN5O4. The summed E-state index contributed by atoms with van der Waals surface area (Å²) >= 11 is 3.42. The van der Waals surface area contributed by atoms with Gasteiger partial charge in [0, 0.05) is 9.86 Å². The van der Waals surface area contributed by atoms with Gasteiger partial charge < -0.3 is 14.7 Å². The number of ether oxygens (including phenoxy) is 1. The molecule has 1 heterocycles. The molecule has 1 aromatic heterocycles. The second-order valence-electron chi connectivity index (χ2n) is 7.26. The van der Waals surface area contributed by atoms with Crippen LogP contribution in [-0.2, 0) is 16.3 Å². The van der Waals surface area contributed by atoms with Crippen molar-refractivity contribution < 1.29 is 19.5 Å². The maximum absolute atomic E-state index is 12.1. The molecule has 0 aliphatic heterocycles. The van der Waals surface area contributed by atoms with Crippen LogP contribution in [0.15, 0.2) is 62.3 Å². The third-order valence-corrected chi connectivity index (χ3v) is 5.05. The number of nitrogens with zero attached hydrogens (tertiary/aromatic N) is 5. The van der Waals surface area contributed by atoms with Gasteiger partial charge in [0.05, 0.1) is 25.0 Å². The summed E-state index contributed by atoms with van der Waals surface area (Å²) in [5.74, 6) is 0.0390. The molecule has 32 heavy (non-hydrogen) atoms. The zero-order valence-electron chi connectivity index (χ0n) is 18.2. The van der Waals surface area contributed by atoms with Gasteiger partial charge in [-0.3, -0.25) is 14.3 Å². The molecule has 1 amide bonds. The molecule has 168 valence electrons. The highest BCUT2D eigenvalue weighted by Crippen LogP contribution is 2.40. The van der Waals surface area contributed by atoms with E-state index in [1.54, 1.807) is 18.6 Å². The van der Waals surface area contributed by atoms with Crippen molar-refractivity contribution in [1.82, 2.24) is 9.47 Å². The number of azo groups is 1. The Bertz CT molecular complexity index is 1170. The summed E-state index contributed by atoms with van der Waals surface area (Å²) in [6.45, 7) is 1.83. The van der Waals surface area contributed by atoms with Gasteiger partial charge in [0.1, 0.15) is 5.75 Å². The minimum Gasteiger partial charge on any atom is -0.497 e. The van der Waals surface area contributed by atoms with Crippen LogP contribution in [0, 0.1) is 0 Å². The topological polar surface area (TPSA) is 101 Å². The Balaban J connectivity index is 1.72. The molecule has 0 atom stereocenters. The highest BCUT2D eigenvalue weighted by Gasteiger charge is 2.18. The van der Waals surface area contributed by atoms with Gasteiger partial charge in [-0.05, 0) is 69.0 Å². The number of benzene rings is 2. The number of amides is 1. The number of carbonyl (C=O) groups is 1. The van der Waals surface area contributed by atoms with Crippen LogP contribution in [0.5, 0.6) is 11.6 Å². The van der Waals surface area contributed by atoms with E-state index < -0.39 is 5.91 Å². The van der Waals surface area contributed by atoms with Gasteiger partial charge in [0.2, 0.25) is 5.88 Å². The monoisotopic (exact) mass is 501 g/mol. The molecule has 9 nitrogen and oxygen atoms in total. The second kappa shape index (κ2) is 10.4. The minimum atomic E-state index is -0.626. The quantitative estimate of drug-likeness (QED) is 0.274. The number of hydrogen-bond donors (Lipinski definition) is 1. The van der Waals surface area contributed by atoms with Gasteiger partial charge >= 0.3 is 5.91 Å². The lowest BCUT2D eigenvalue weighted by atomic mass is 10.1. The van der Waals surface area contributed by atoms with Crippen molar-refractivity contribution in [2.75, 3.05) is 27.8 Å². The molecule has 0 aliphatic rings. The van der Waals surface area contributed by atoms with E-state index in [0.717, 1.165) is 21.3 Å². The normalized spacial score (nSPS) is 12.1. The Morgan fingerprint density at radius 2 is 1.91 bits per heavy atom.